The van der Waals surface area contributed by atoms with E-state index in [9.17, 15) is 0 Å². The van der Waals surface area contributed by atoms with Gasteiger partial charge in [-0.3, -0.25) is 0 Å². The Bertz CT molecular complexity index is 340. The van der Waals surface area contributed by atoms with Crippen LogP contribution in [-0.4, -0.2) is 29.4 Å². The summed E-state index contributed by atoms with van der Waals surface area (Å²) in [4.78, 5) is 4.43. The highest BCUT2D eigenvalue weighted by Gasteiger charge is 2.25. The minimum atomic E-state index is 0.285. The van der Waals surface area contributed by atoms with Crippen LogP contribution < -0.4 is 5.73 Å². The van der Waals surface area contributed by atoms with Crippen LogP contribution in [0.2, 0.25) is 0 Å². The number of nitrogens with zero attached hydrogens (tertiary/aromatic N) is 2. The fraction of sp³-hybridized carbons (Fsp3) is 0.833. The zero-order valence-corrected chi connectivity index (χ0v) is 10.4. The van der Waals surface area contributed by atoms with Gasteiger partial charge >= 0.3 is 0 Å². The summed E-state index contributed by atoms with van der Waals surface area (Å²) >= 11 is 0. The highest BCUT2D eigenvalue weighted by Crippen LogP contribution is 2.30. The summed E-state index contributed by atoms with van der Waals surface area (Å²) < 4.78 is 10.6. The van der Waals surface area contributed by atoms with E-state index in [2.05, 4.69) is 10.1 Å². The molecule has 1 aromatic rings. The zero-order chi connectivity index (χ0) is 12.1. The van der Waals surface area contributed by atoms with Crippen molar-refractivity contribution in [3.05, 3.63) is 11.7 Å². The van der Waals surface area contributed by atoms with Crippen molar-refractivity contribution in [1.29, 1.82) is 0 Å². The van der Waals surface area contributed by atoms with Gasteiger partial charge in [0.25, 0.3) is 0 Å². The molecule has 1 aromatic heterocycles. The molecule has 2 rings (SSSR count). The molecule has 1 aliphatic carbocycles. The number of nitrogens with two attached hydrogens (primary N) is 1. The van der Waals surface area contributed by atoms with Crippen LogP contribution in [0.1, 0.15) is 50.2 Å². The number of aromatic nitrogens is 2. The van der Waals surface area contributed by atoms with Crippen LogP contribution in [0.25, 0.3) is 0 Å². The van der Waals surface area contributed by atoms with Crippen LogP contribution in [0.4, 0.5) is 0 Å². The van der Waals surface area contributed by atoms with Crippen molar-refractivity contribution < 1.29 is 9.26 Å². The first kappa shape index (κ1) is 12.5. The molecule has 0 aromatic carbocycles. The molecule has 1 saturated carbocycles. The molecule has 0 radical (unpaired) electrons. The van der Waals surface area contributed by atoms with Gasteiger partial charge in [-0.25, -0.2) is 0 Å². The van der Waals surface area contributed by atoms with Crippen molar-refractivity contribution >= 4 is 0 Å². The van der Waals surface area contributed by atoms with Crippen molar-refractivity contribution in [2.24, 2.45) is 5.73 Å². The predicted molar refractivity (Wildman–Crippen MR) is 63.7 cm³/mol. The van der Waals surface area contributed by atoms with Crippen LogP contribution in [0.5, 0.6) is 0 Å². The van der Waals surface area contributed by atoms with Crippen LogP contribution in [0, 0.1) is 0 Å². The summed E-state index contributed by atoms with van der Waals surface area (Å²) in [7, 11) is 0. The average molecular weight is 239 g/mol. The lowest BCUT2D eigenvalue weighted by atomic mass is 9.86. The Morgan fingerprint density at radius 2 is 2.35 bits per heavy atom. The van der Waals surface area contributed by atoms with Gasteiger partial charge in [0.1, 0.15) is 0 Å². The highest BCUT2D eigenvalue weighted by molar-refractivity contribution is 4.97. The molecule has 1 fully saturated rings. The molecule has 0 spiro atoms. The lowest BCUT2D eigenvalue weighted by Crippen LogP contribution is -2.26. The molecule has 5 heteroatoms. The molecular weight excluding hydrogens is 218 g/mol. The van der Waals surface area contributed by atoms with E-state index in [1.807, 2.05) is 6.92 Å². The summed E-state index contributed by atoms with van der Waals surface area (Å²) in [6, 6.07) is 0.285. The van der Waals surface area contributed by atoms with E-state index in [1.54, 1.807) is 0 Å². The minimum Gasteiger partial charge on any atom is -0.381 e. The third kappa shape index (κ3) is 3.51. The average Bonchev–Trinajstić information content (AvgIpc) is 2.78. The molecule has 2 unspecified atom stereocenters. The lowest BCUT2D eigenvalue weighted by Gasteiger charge is -2.23. The Balaban J connectivity index is 1.88. The van der Waals surface area contributed by atoms with Crippen LogP contribution in [0.15, 0.2) is 4.52 Å². The van der Waals surface area contributed by atoms with Crippen molar-refractivity contribution in [2.75, 3.05) is 13.2 Å². The molecule has 96 valence electrons. The molecule has 5 nitrogen and oxygen atoms in total. The topological polar surface area (TPSA) is 74.2 Å². The third-order valence-electron chi connectivity index (χ3n) is 3.22. The van der Waals surface area contributed by atoms with Crippen molar-refractivity contribution in [1.82, 2.24) is 10.1 Å². The molecule has 1 aliphatic rings. The second kappa shape index (κ2) is 6.12. The second-order valence-electron chi connectivity index (χ2n) is 4.62. The molecule has 0 aliphatic heterocycles. The van der Waals surface area contributed by atoms with Gasteiger partial charge in [-0.15, -0.1) is 0 Å². The van der Waals surface area contributed by atoms with Gasteiger partial charge in [0, 0.05) is 25.0 Å². The molecule has 2 N–H and O–H groups in total. The molecule has 2 atom stereocenters. The van der Waals surface area contributed by atoms with E-state index in [0.29, 0.717) is 12.5 Å². The van der Waals surface area contributed by atoms with Crippen LogP contribution in [-0.2, 0) is 11.2 Å². The van der Waals surface area contributed by atoms with Crippen LogP contribution >= 0.6 is 0 Å². The molecule has 17 heavy (non-hydrogen) atoms. The van der Waals surface area contributed by atoms with Gasteiger partial charge in [-0.1, -0.05) is 11.6 Å². The molecular formula is C12H21N3O2. The SMILES string of the molecule is CCOCCc1noc(C2CCCC(N)C2)n1. The molecule has 1 heterocycles. The number of ether oxygens (including phenoxy) is 1. The summed E-state index contributed by atoms with van der Waals surface area (Å²) in [5.74, 6) is 1.85. The smallest absolute Gasteiger partial charge is 0.229 e. The van der Waals surface area contributed by atoms with Gasteiger partial charge in [0.2, 0.25) is 5.89 Å². The van der Waals surface area contributed by atoms with Gasteiger partial charge < -0.3 is 15.0 Å². The largest absolute Gasteiger partial charge is 0.381 e. The van der Waals surface area contributed by atoms with E-state index in [1.165, 1.54) is 0 Å². The quantitative estimate of drug-likeness (QED) is 0.790. The summed E-state index contributed by atoms with van der Waals surface area (Å²) in [6.45, 7) is 3.35. The second-order valence-corrected chi connectivity index (χ2v) is 4.62. The number of rotatable bonds is 5. The van der Waals surface area contributed by atoms with Crippen molar-refractivity contribution in [2.45, 2.75) is 51.0 Å². The monoisotopic (exact) mass is 239 g/mol. The molecule has 0 bridgehead atoms. The number of hydrogen-bond acceptors (Lipinski definition) is 5. The van der Waals surface area contributed by atoms with Crippen LogP contribution in [0.3, 0.4) is 0 Å². The maximum absolute atomic E-state index is 5.96. The lowest BCUT2D eigenvalue weighted by molar-refractivity contribution is 0.149. The van der Waals surface area contributed by atoms with E-state index >= 15 is 0 Å². The molecule has 0 amide bonds. The van der Waals surface area contributed by atoms with E-state index < -0.39 is 0 Å². The van der Waals surface area contributed by atoms with Gasteiger partial charge in [-0.05, 0) is 26.2 Å². The van der Waals surface area contributed by atoms with Crippen molar-refractivity contribution in [3.63, 3.8) is 0 Å². The first-order valence-electron chi connectivity index (χ1n) is 6.45. The van der Waals surface area contributed by atoms with Gasteiger partial charge in [0.15, 0.2) is 5.82 Å². The maximum atomic E-state index is 5.96. The fourth-order valence-corrected chi connectivity index (χ4v) is 2.29. The maximum Gasteiger partial charge on any atom is 0.229 e. The van der Waals surface area contributed by atoms with E-state index in [-0.39, 0.29) is 6.04 Å². The summed E-state index contributed by atoms with van der Waals surface area (Å²) in [6.07, 6.45) is 5.06. The van der Waals surface area contributed by atoms with Gasteiger partial charge in [-0.2, -0.15) is 4.98 Å². The molecule has 0 saturated heterocycles. The standard InChI is InChI=1S/C12H21N3O2/c1-2-16-7-6-11-14-12(17-15-11)9-4-3-5-10(13)8-9/h9-10H,2-8,13H2,1H3. The normalized spacial score (nSPS) is 25.1. The van der Waals surface area contributed by atoms with E-state index in [4.69, 9.17) is 15.0 Å². The Hall–Kier alpha value is -0.940. The Morgan fingerprint density at radius 1 is 1.47 bits per heavy atom. The van der Waals surface area contributed by atoms with Crippen molar-refractivity contribution in [3.8, 4) is 0 Å². The predicted octanol–water partition coefficient (Wildman–Crippen LogP) is 1.63. The zero-order valence-electron chi connectivity index (χ0n) is 10.4. The fourth-order valence-electron chi connectivity index (χ4n) is 2.29. The first-order valence-corrected chi connectivity index (χ1v) is 6.45. The van der Waals surface area contributed by atoms with Gasteiger partial charge in [0.05, 0.1) is 6.61 Å². The van der Waals surface area contributed by atoms with E-state index in [0.717, 1.165) is 50.4 Å². The third-order valence-corrected chi connectivity index (χ3v) is 3.22. The minimum absolute atomic E-state index is 0.285. The number of hydrogen-bond donors (Lipinski definition) is 1. The Morgan fingerprint density at radius 3 is 3.12 bits per heavy atom. The Labute approximate surface area is 102 Å². The summed E-state index contributed by atoms with van der Waals surface area (Å²) in [5.41, 5.74) is 5.96. The summed E-state index contributed by atoms with van der Waals surface area (Å²) in [5, 5.41) is 3.98. The Kier molecular flexibility index (Phi) is 4.50. The highest BCUT2D eigenvalue weighted by atomic mass is 16.5. The first-order chi connectivity index (χ1) is 8.29.